The number of furan rings is 1. The normalized spacial score (nSPS) is 11.3. The monoisotopic (exact) mass is 842 g/mol. The zero-order valence-electron chi connectivity index (χ0n) is 35.2. The number of nitrogens with zero attached hydrogens (tertiary/aromatic N) is 6. The fourth-order valence-corrected chi connectivity index (χ4v) is 9.30. The molecule has 0 saturated heterocycles. The lowest BCUT2D eigenvalue weighted by molar-refractivity contribution is 0.669. The third kappa shape index (κ3) is 6.39. The van der Waals surface area contributed by atoms with Crippen LogP contribution in [0.15, 0.2) is 211 Å². The molecule has 12 rings (SSSR count). The highest BCUT2D eigenvalue weighted by molar-refractivity contribution is 6.14. The minimum absolute atomic E-state index is 0.512. The molecule has 0 spiro atoms. The van der Waals surface area contributed by atoms with Gasteiger partial charge in [-0.05, 0) is 94.0 Å². The molecule has 66 heavy (non-hydrogen) atoms. The largest absolute Gasteiger partial charge is 0.456 e. The van der Waals surface area contributed by atoms with Gasteiger partial charge < -0.3 is 8.98 Å². The van der Waals surface area contributed by atoms with E-state index in [1.54, 1.807) is 0 Å². The molecule has 0 radical (unpaired) electrons. The maximum Gasteiger partial charge on any atom is 0.166 e. The van der Waals surface area contributed by atoms with Crippen LogP contribution in [0.1, 0.15) is 11.1 Å². The van der Waals surface area contributed by atoms with Gasteiger partial charge in [0, 0.05) is 38.2 Å². The fraction of sp³-hybridized carbons (Fsp3) is 0. The molecule has 0 aliphatic rings. The van der Waals surface area contributed by atoms with Crippen molar-refractivity contribution in [2.45, 2.75) is 0 Å². The van der Waals surface area contributed by atoms with Crippen molar-refractivity contribution >= 4 is 43.7 Å². The molecule has 0 bridgehead atoms. The van der Waals surface area contributed by atoms with Gasteiger partial charge in [-0.1, -0.05) is 146 Å². The van der Waals surface area contributed by atoms with Gasteiger partial charge in [-0.2, -0.15) is 10.5 Å². The Labute approximate surface area is 379 Å². The van der Waals surface area contributed by atoms with Crippen LogP contribution in [0.4, 0.5) is 0 Å². The Morgan fingerprint density at radius 1 is 0.364 bits per heavy atom. The first-order valence-corrected chi connectivity index (χ1v) is 21.6. The van der Waals surface area contributed by atoms with Crippen molar-refractivity contribution in [3.05, 3.63) is 217 Å². The van der Waals surface area contributed by atoms with Crippen LogP contribution < -0.4 is 0 Å². The van der Waals surface area contributed by atoms with Gasteiger partial charge in [-0.25, -0.2) is 15.0 Å². The Morgan fingerprint density at radius 2 is 0.848 bits per heavy atom. The second-order valence-electron chi connectivity index (χ2n) is 16.2. The highest BCUT2D eigenvalue weighted by Gasteiger charge is 2.23. The molecular formula is C59H34N6O. The van der Waals surface area contributed by atoms with Crippen LogP contribution in [-0.4, -0.2) is 19.5 Å². The molecule has 0 N–H and O–H groups in total. The Balaban J connectivity index is 1.18. The molecule has 0 aliphatic heterocycles. The molecule has 0 amide bonds. The molecule has 7 heteroatoms. The predicted molar refractivity (Wildman–Crippen MR) is 263 cm³/mol. The van der Waals surface area contributed by atoms with E-state index in [2.05, 4.69) is 83.4 Å². The summed E-state index contributed by atoms with van der Waals surface area (Å²) in [6.45, 7) is 0. The first kappa shape index (κ1) is 38.3. The second-order valence-corrected chi connectivity index (χ2v) is 16.2. The van der Waals surface area contributed by atoms with Crippen molar-refractivity contribution in [3.63, 3.8) is 0 Å². The maximum absolute atomic E-state index is 10.2. The lowest BCUT2D eigenvalue weighted by Gasteiger charge is -2.17. The lowest BCUT2D eigenvalue weighted by atomic mass is 9.96. The third-order valence-corrected chi connectivity index (χ3v) is 12.4. The van der Waals surface area contributed by atoms with Crippen LogP contribution in [0.2, 0.25) is 0 Å². The molecular weight excluding hydrogens is 809 g/mol. The van der Waals surface area contributed by atoms with E-state index >= 15 is 0 Å². The first-order chi connectivity index (χ1) is 32.6. The van der Waals surface area contributed by atoms with Crippen molar-refractivity contribution in [1.29, 1.82) is 10.5 Å². The van der Waals surface area contributed by atoms with Crippen LogP contribution >= 0.6 is 0 Å². The molecule has 9 aromatic carbocycles. The molecule has 3 aromatic heterocycles. The van der Waals surface area contributed by atoms with Crippen molar-refractivity contribution in [2.24, 2.45) is 0 Å². The van der Waals surface area contributed by atoms with Crippen molar-refractivity contribution in [2.75, 3.05) is 0 Å². The molecule has 0 fully saturated rings. The second kappa shape index (κ2) is 15.7. The van der Waals surface area contributed by atoms with E-state index in [1.807, 2.05) is 140 Å². The van der Waals surface area contributed by atoms with E-state index in [0.29, 0.717) is 28.6 Å². The third-order valence-electron chi connectivity index (χ3n) is 12.4. The highest BCUT2D eigenvalue weighted by atomic mass is 16.3. The summed E-state index contributed by atoms with van der Waals surface area (Å²) in [5.74, 6) is 1.63. The molecule has 0 saturated carbocycles. The molecule has 12 aromatic rings. The van der Waals surface area contributed by atoms with Crippen LogP contribution in [0.5, 0.6) is 0 Å². The standard InChI is InChI=1S/C59H34N6O/c60-35-42-18-7-9-20-44(42)39-26-29-51-48(32-39)49-33-40(45-21-10-8-19-43(45)36-61)27-30-52(49)65(51)53-31-28-41(46-23-13-25-55-56(46)47-22-11-12-24-54(47)66-55)34-50(53)59-63-57(37-14-3-1-4-15-37)62-58(64-59)38-16-5-2-6-17-38/h1-34H. The van der Waals surface area contributed by atoms with Crippen LogP contribution in [0.3, 0.4) is 0 Å². The SMILES string of the molecule is N#Cc1ccccc1-c1ccc2c(c1)c1cc(-c3ccccc3C#N)ccc1n2-c1ccc(-c2cccc3oc4ccccc4c23)cc1-c1nc(-c2ccccc2)nc(-c2ccccc2)n1. The molecule has 7 nitrogen and oxygen atoms in total. The summed E-state index contributed by atoms with van der Waals surface area (Å²) in [6.07, 6.45) is 0. The van der Waals surface area contributed by atoms with E-state index in [1.165, 1.54) is 0 Å². The molecule has 306 valence electrons. The Morgan fingerprint density at radius 3 is 1.45 bits per heavy atom. The average Bonchev–Trinajstić information content (AvgIpc) is 3.94. The Kier molecular flexibility index (Phi) is 9.12. The van der Waals surface area contributed by atoms with Crippen LogP contribution in [-0.2, 0) is 0 Å². The zero-order chi connectivity index (χ0) is 44.1. The number of hydrogen-bond acceptors (Lipinski definition) is 6. The summed E-state index contributed by atoms with van der Waals surface area (Å²) < 4.78 is 8.66. The summed E-state index contributed by atoms with van der Waals surface area (Å²) in [6, 6.07) is 73.8. The zero-order valence-corrected chi connectivity index (χ0v) is 35.2. The summed E-state index contributed by atoms with van der Waals surface area (Å²) in [7, 11) is 0. The summed E-state index contributed by atoms with van der Waals surface area (Å²) in [4.78, 5) is 15.7. The van der Waals surface area contributed by atoms with Crippen LogP contribution in [0.25, 0.3) is 117 Å². The summed E-state index contributed by atoms with van der Waals surface area (Å²) >= 11 is 0. The van der Waals surface area contributed by atoms with Gasteiger partial charge in [0.05, 0.1) is 40.0 Å². The van der Waals surface area contributed by atoms with Gasteiger partial charge in [0.2, 0.25) is 0 Å². The van der Waals surface area contributed by atoms with E-state index in [4.69, 9.17) is 19.4 Å². The van der Waals surface area contributed by atoms with Crippen molar-refractivity contribution < 1.29 is 4.42 Å². The van der Waals surface area contributed by atoms with E-state index in [9.17, 15) is 10.5 Å². The van der Waals surface area contributed by atoms with E-state index in [0.717, 1.165) is 99.5 Å². The minimum atomic E-state index is 0.512. The Hall–Kier alpha value is -9.43. The highest BCUT2D eigenvalue weighted by Crippen LogP contribution is 2.43. The number of aromatic nitrogens is 4. The quantitative estimate of drug-likeness (QED) is 0.158. The number of hydrogen-bond donors (Lipinski definition) is 0. The number of rotatable bonds is 7. The van der Waals surface area contributed by atoms with Gasteiger partial charge in [-0.15, -0.1) is 0 Å². The van der Waals surface area contributed by atoms with Gasteiger partial charge >= 0.3 is 0 Å². The number of para-hydroxylation sites is 1. The van der Waals surface area contributed by atoms with E-state index in [-0.39, 0.29) is 0 Å². The van der Waals surface area contributed by atoms with Crippen molar-refractivity contribution in [1.82, 2.24) is 19.5 Å². The van der Waals surface area contributed by atoms with E-state index < -0.39 is 0 Å². The lowest BCUT2D eigenvalue weighted by Crippen LogP contribution is -2.04. The van der Waals surface area contributed by atoms with Crippen LogP contribution in [0, 0.1) is 22.7 Å². The molecule has 0 unspecified atom stereocenters. The predicted octanol–water partition coefficient (Wildman–Crippen LogP) is 14.6. The molecule has 0 aliphatic carbocycles. The van der Waals surface area contributed by atoms with Gasteiger partial charge in [0.1, 0.15) is 11.2 Å². The number of fused-ring (bicyclic) bond motifs is 6. The van der Waals surface area contributed by atoms with Crippen molar-refractivity contribution in [3.8, 4) is 85.4 Å². The van der Waals surface area contributed by atoms with Gasteiger partial charge in [-0.3, -0.25) is 0 Å². The topological polar surface area (TPSA) is 104 Å². The maximum atomic E-state index is 10.2. The molecule has 3 heterocycles. The first-order valence-electron chi connectivity index (χ1n) is 21.6. The van der Waals surface area contributed by atoms with Gasteiger partial charge in [0.25, 0.3) is 0 Å². The summed E-state index contributed by atoms with van der Waals surface area (Å²) in [5.41, 5.74) is 13.7. The van der Waals surface area contributed by atoms with Gasteiger partial charge in [0.15, 0.2) is 17.5 Å². The fourth-order valence-electron chi connectivity index (χ4n) is 9.30. The number of benzene rings is 9. The average molecular weight is 843 g/mol. The number of nitriles is 2. The smallest absolute Gasteiger partial charge is 0.166 e. The molecule has 0 atom stereocenters. The minimum Gasteiger partial charge on any atom is -0.456 e. The Bertz CT molecular complexity index is 3790. The summed E-state index contributed by atoms with van der Waals surface area (Å²) in [5, 5.41) is 24.4.